The van der Waals surface area contributed by atoms with E-state index in [0.717, 1.165) is 16.7 Å². The lowest BCUT2D eigenvalue weighted by Gasteiger charge is -2.13. The predicted octanol–water partition coefficient (Wildman–Crippen LogP) is 6.16. The summed E-state index contributed by atoms with van der Waals surface area (Å²) in [5.41, 5.74) is 0.814. The molecule has 0 saturated carbocycles. The minimum absolute atomic E-state index is 0.0811. The summed E-state index contributed by atoms with van der Waals surface area (Å²) in [6.07, 6.45) is 1.50. The summed E-state index contributed by atoms with van der Waals surface area (Å²) in [6, 6.07) is 15.1. The maximum atomic E-state index is 12.7. The first kappa shape index (κ1) is 23.9. The first-order valence-corrected chi connectivity index (χ1v) is 11.6. The Morgan fingerprint density at radius 1 is 1.09 bits per heavy atom. The third kappa shape index (κ3) is 5.14. The van der Waals surface area contributed by atoms with Crippen molar-refractivity contribution in [3.05, 3.63) is 80.9 Å². The monoisotopic (exact) mass is 517 g/mol. The van der Waals surface area contributed by atoms with Crippen LogP contribution in [-0.2, 0) is 9.53 Å². The number of hydrogen-bond donors (Lipinski definition) is 0. The Morgan fingerprint density at radius 3 is 2.65 bits per heavy atom. The summed E-state index contributed by atoms with van der Waals surface area (Å²) >= 11 is 12.9. The molecule has 1 fully saturated rings. The Labute approximate surface area is 209 Å². The quantitative estimate of drug-likeness (QED) is 0.274. The molecule has 2 heterocycles. The summed E-state index contributed by atoms with van der Waals surface area (Å²) in [5, 5.41) is 0.310. The van der Waals surface area contributed by atoms with Crippen molar-refractivity contribution in [3.8, 4) is 17.1 Å². The van der Waals surface area contributed by atoms with Crippen LogP contribution >= 0.6 is 35.0 Å². The number of halogens is 2. The van der Waals surface area contributed by atoms with Gasteiger partial charge in [-0.15, -0.1) is 0 Å². The van der Waals surface area contributed by atoms with Crippen molar-refractivity contribution < 1.29 is 28.3 Å². The van der Waals surface area contributed by atoms with Gasteiger partial charge in [-0.05, 0) is 54.2 Å². The van der Waals surface area contributed by atoms with Gasteiger partial charge < -0.3 is 13.9 Å². The summed E-state index contributed by atoms with van der Waals surface area (Å²) < 4.78 is 16.1. The maximum absolute atomic E-state index is 12.7. The van der Waals surface area contributed by atoms with E-state index in [1.54, 1.807) is 54.6 Å². The van der Waals surface area contributed by atoms with Gasteiger partial charge in [0.1, 0.15) is 23.9 Å². The molecule has 1 aliphatic rings. The molecule has 2 aromatic carbocycles. The molecule has 0 unspecified atom stereocenters. The molecule has 174 valence electrons. The first-order valence-electron chi connectivity index (χ1n) is 9.98. The van der Waals surface area contributed by atoms with Gasteiger partial charge in [0.15, 0.2) is 0 Å². The molecular formula is C24H17Cl2NO6S. The highest BCUT2D eigenvalue weighted by atomic mass is 35.5. The fraction of sp³-hybridized carbons (Fsp3) is 0.125. The number of rotatable bonds is 7. The zero-order chi connectivity index (χ0) is 24.2. The van der Waals surface area contributed by atoms with Gasteiger partial charge >= 0.3 is 5.97 Å². The highest BCUT2D eigenvalue weighted by Crippen LogP contribution is 2.34. The number of methoxy groups -OCH3 is 1. The smallest absolute Gasteiger partial charge is 0.339 e. The molecule has 4 rings (SSSR count). The maximum Gasteiger partial charge on any atom is 0.339 e. The fourth-order valence-electron chi connectivity index (χ4n) is 3.16. The van der Waals surface area contributed by atoms with E-state index in [0.29, 0.717) is 27.9 Å². The predicted molar refractivity (Wildman–Crippen MR) is 130 cm³/mol. The lowest BCUT2D eigenvalue weighted by molar-refractivity contribution is -0.123. The summed E-state index contributed by atoms with van der Waals surface area (Å²) in [6.45, 7) is 0.191. The van der Waals surface area contributed by atoms with Gasteiger partial charge in [-0.25, -0.2) is 4.79 Å². The lowest BCUT2D eigenvalue weighted by Crippen LogP contribution is -2.32. The highest BCUT2D eigenvalue weighted by molar-refractivity contribution is 8.18. The van der Waals surface area contributed by atoms with Gasteiger partial charge in [-0.2, -0.15) is 0 Å². The second kappa shape index (κ2) is 10.4. The van der Waals surface area contributed by atoms with Gasteiger partial charge in [0, 0.05) is 11.6 Å². The molecule has 0 N–H and O–H groups in total. The minimum atomic E-state index is -0.564. The molecule has 0 bridgehead atoms. The molecule has 10 heteroatoms. The average molecular weight is 518 g/mol. The van der Waals surface area contributed by atoms with Crippen LogP contribution in [0.2, 0.25) is 10.0 Å². The molecule has 34 heavy (non-hydrogen) atoms. The van der Waals surface area contributed by atoms with E-state index in [4.69, 9.17) is 37.1 Å². The molecule has 0 atom stereocenters. The van der Waals surface area contributed by atoms with E-state index >= 15 is 0 Å². The normalized spacial score (nSPS) is 14.7. The van der Waals surface area contributed by atoms with Crippen molar-refractivity contribution in [2.24, 2.45) is 0 Å². The molecule has 0 aliphatic carbocycles. The number of carbonyl (C=O) groups excluding carboxylic acids is 3. The molecule has 1 aromatic heterocycles. The Balaban J connectivity index is 1.45. The molecule has 3 aromatic rings. The van der Waals surface area contributed by atoms with E-state index in [2.05, 4.69) is 0 Å². The Bertz CT molecular complexity index is 1300. The fourth-order valence-corrected chi connectivity index (χ4v) is 4.39. The second-order valence-corrected chi connectivity index (χ2v) is 8.81. The standard InChI is InChI=1S/C24H17Cl2NO6S/c1-31-23(29)16-12-14(6-8-17(16)25)19-9-7-15(33-19)13-21-22(28)27(24(30)34-21)10-11-32-20-5-3-2-4-18(20)26/h2-9,12-13H,10-11H2,1H3/b21-13-. The summed E-state index contributed by atoms with van der Waals surface area (Å²) in [4.78, 5) is 38.3. The van der Waals surface area contributed by atoms with Crippen LogP contribution in [0.5, 0.6) is 5.75 Å². The number of furan rings is 1. The molecule has 1 saturated heterocycles. The van der Waals surface area contributed by atoms with E-state index in [1.807, 2.05) is 0 Å². The second-order valence-electron chi connectivity index (χ2n) is 7.00. The van der Waals surface area contributed by atoms with Crippen molar-refractivity contribution >= 4 is 58.2 Å². The Morgan fingerprint density at radius 2 is 1.88 bits per heavy atom. The van der Waals surface area contributed by atoms with E-state index < -0.39 is 17.1 Å². The van der Waals surface area contributed by atoms with Crippen molar-refractivity contribution in [2.75, 3.05) is 20.3 Å². The van der Waals surface area contributed by atoms with E-state index in [9.17, 15) is 14.4 Å². The van der Waals surface area contributed by atoms with Crippen LogP contribution in [0.4, 0.5) is 4.79 Å². The van der Waals surface area contributed by atoms with Crippen LogP contribution in [0.25, 0.3) is 17.4 Å². The van der Waals surface area contributed by atoms with Gasteiger partial charge in [0.2, 0.25) is 0 Å². The number of esters is 1. The van der Waals surface area contributed by atoms with Crippen LogP contribution in [0.15, 0.2) is 63.9 Å². The SMILES string of the molecule is COC(=O)c1cc(-c2ccc(/C=C3\SC(=O)N(CCOc4ccccc4Cl)C3=O)o2)ccc1Cl. The topological polar surface area (TPSA) is 86.0 Å². The van der Waals surface area contributed by atoms with Crippen LogP contribution in [0.3, 0.4) is 0 Å². The average Bonchev–Trinajstić information content (AvgIpc) is 3.40. The molecule has 0 spiro atoms. The van der Waals surface area contributed by atoms with E-state index in [1.165, 1.54) is 13.2 Å². The third-order valence-electron chi connectivity index (χ3n) is 4.84. The molecule has 2 amide bonds. The molecule has 7 nitrogen and oxygen atoms in total. The van der Waals surface area contributed by atoms with Crippen molar-refractivity contribution in [1.29, 1.82) is 0 Å². The summed E-state index contributed by atoms with van der Waals surface area (Å²) in [5.74, 6) is 0.316. The number of nitrogens with zero attached hydrogens (tertiary/aromatic N) is 1. The van der Waals surface area contributed by atoms with Crippen LogP contribution in [0.1, 0.15) is 16.1 Å². The number of benzene rings is 2. The van der Waals surface area contributed by atoms with Gasteiger partial charge in [0.25, 0.3) is 11.1 Å². The number of imide groups is 1. The van der Waals surface area contributed by atoms with Crippen molar-refractivity contribution in [1.82, 2.24) is 4.90 Å². The number of thioether (sulfide) groups is 1. The highest BCUT2D eigenvalue weighted by Gasteiger charge is 2.35. The van der Waals surface area contributed by atoms with E-state index in [-0.39, 0.29) is 28.6 Å². The molecular weight excluding hydrogens is 501 g/mol. The molecule has 0 radical (unpaired) electrons. The third-order valence-corrected chi connectivity index (χ3v) is 6.39. The summed E-state index contributed by atoms with van der Waals surface area (Å²) in [7, 11) is 1.27. The number of amides is 2. The Hall–Kier alpha value is -3.20. The lowest BCUT2D eigenvalue weighted by atomic mass is 10.1. The van der Waals surface area contributed by atoms with Crippen molar-refractivity contribution in [3.63, 3.8) is 0 Å². The van der Waals surface area contributed by atoms with Crippen LogP contribution in [-0.4, -0.2) is 42.3 Å². The number of para-hydroxylation sites is 1. The number of ether oxygens (including phenoxy) is 2. The Kier molecular flexibility index (Phi) is 7.31. The van der Waals surface area contributed by atoms with Gasteiger partial charge in [-0.3, -0.25) is 14.5 Å². The number of hydrogen-bond acceptors (Lipinski definition) is 7. The zero-order valence-corrected chi connectivity index (χ0v) is 20.1. The van der Waals surface area contributed by atoms with Crippen molar-refractivity contribution in [2.45, 2.75) is 0 Å². The van der Waals surface area contributed by atoms with Crippen LogP contribution in [0, 0.1) is 0 Å². The molecule has 1 aliphatic heterocycles. The largest absolute Gasteiger partial charge is 0.490 e. The minimum Gasteiger partial charge on any atom is -0.490 e. The van der Waals surface area contributed by atoms with Gasteiger partial charge in [-0.1, -0.05) is 35.3 Å². The van der Waals surface area contributed by atoms with Crippen LogP contribution < -0.4 is 4.74 Å². The number of carbonyl (C=O) groups is 3. The first-order chi connectivity index (χ1) is 16.4. The van der Waals surface area contributed by atoms with Gasteiger partial charge in [0.05, 0.1) is 34.2 Å². The zero-order valence-electron chi connectivity index (χ0n) is 17.7.